The Hall–Kier alpha value is -2.76. The molecule has 0 saturated heterocycles. The highest BCUT2D eigenvalue weighted by molar-refractivity contribution is 5.70. The molecule has 3 aromatic carbocycles. The largest absolute Gasteiger partial charge is 0.433 e. The molecule has 1 unspecified atom stereocenters. The maximum Gasteiger partial charge on any atom is 0.433 e. The first-order chi connectivity index (χ1) is 14.3. The molecule has 0 amide bonds. The Bertz CT molecular complexity index is 1030. The van der Waals surface area contributed by atoms with E-state index in [1.54, 1.807) is 18.2 Å². The van der Waals surface area contributed by atoms with Crippen LogP contribution in [0.3, 0.4) is 0 Å². The van der Waals surface area contributed by atoms with Gasteiger partial charge in [-0.05, 0) is 22.1 Å². The van der Waals surface area contributed by atoms with Gasteiger partial charge in [-0.15, -0.1) is 0 Å². The van der Waals surface area contributed by atoms with Crippen LogP contribution in [0.1, 0.15) is 37.5 Å². The molecule has 0 radical (unpaired) electrons. The van der Waals surface area contributed by atoms with Gasteiger partial charge in [-0.1, -0.05) is 99.6 Å². The molecule has 0 saturated carbocycles. The topological polar surface area (TPSA) is 0 Å². The molecular formula is C25H22F6. The average Bonchev–Trinajstić information content (AvgIpc) is 2.72. The first-order valence-corrected chi connectivity index (χ1v) is 9.69. The van der Waals surface area contributed by atoms with Crippen molar-refractivity contribution in [2.45, 2.75) is 44.0 Å². The van der Waals surface area contributed by atoms with E-state index in [0.29, 0.717) is 5.56 Å². The molecule has 0 fully saturated rings. The van der Waals surface area contributed by atoms with Crippen molar-refractivity contribution in [3.8, 4) is 11.1 Å². The summed E-state index contributed by atoms with van der Waals surface area (Å²) in [5.74, 6) is -4.89. The van der Waals surface area contributed by atoms with Crippen molar-refractivity contribution in [1.82, 2.24) is 0 Å². The van der Waals surface area contributed by atoms with Crippen molar-refractivity contribution in [3.63, 3.8) is 0 Å². The Morgan fingerprint density at radius 2 is 1.10 bits per heavy atom. The fourth-order valence-corrected chi connectivity index (χ4v) is 3.52. The normalized spacial score (nSPS) is 14.9. The molecule has 0 heterocycles. The van der Waals surface area contributed by atoms with Crippen LogP contribution in [-0.4, -0.2) is 6.18 Å². The zero-order chi connectivity index (χ0) is 23.1. The molecule has 0 bridgehead atoms. The molecule has 0 aliphatic carbocycles. The average molecular weight is 436 g/mol. The van der Waals surface area contributed by atoms with E-state index < -0.39 is 34.3 Å². The molecule has 0 nitrogen and oxygen atoms in total. The number of benzene rings is 3. The Labute approximate surface area is 177 Å². The van der Waals surface area contributed by atoms with Gasteiger partial charge in [0.05, 0.1) is 0 Å². The summed E-state index contributed by atoms with van der Waals surface area (Å²) in [7, 11) is 0. The van der Waals surface area contributed by atoms with Gasteiger partial charge in [-0.25, -0.2) is 4.39 Å². The van der Waals surface area contributed by atoms with Gasteiger partial charge in [0.1, 0.15) is 0 Å². The van der Waals surface area contributed by atoms with E-state index in [0.717, 1.165) is 30.3 Å². The molecule has 3 aromatic rings. The smallest absolute Gasteiger partial charge is 0.221 e. The minimum atomic E-state index is -5.85. The summed E-state index contributed by atoms with van der Waals surface area (Å²) in [6, 6.07) is 16.5. The number of halogens is 6. The lowest BCUT2D eigenvalue weighted by Crippen LogP contribution is -2.51. The van der Waals surface area contributed by atoms with E-state index in [9.17, 15) is 13.2 Å². The van der Waals surface area contributed by atoms with Crippen LogP contribution >= 0.6 is 0 Å². The number of hydrogen-bond donors (Lipinski definition) is 0. The summed E-state index contributed by atoms with van der Waals surface area (Å²) in [4.78, 5) is 0. The summed E-state index contributed by atoms with van der Waals surface area (Å²) >= 11 is 0. The summed E-state index contributed by atoms with van der Waals surface area (Å²) in [5, 5.41) is 0. The SMILES string of the molecule is CC(C)(C)c1ccc(C(F)(F)C(F)(c2ccccc2)C(F)(F)F)c(-c2ccccc2)c1. The zero-order valence-electron chi connectivity index (χ0n) is 17.3. The summed E-state index contributed by atoms with van der Waals surface area (Å²) in [6.07, 6.45) is -5.85. The highest BCUT2D eigenvalue weighted by Crippen LogP contribution is 2.58. The molecule has 0 spiro atoms. The van der Waals surface area contributed by atoms with Gasteiger partial charge in [-0.2, -0.15) is 22.0 Å². The Kier molecular flexibility index (Phi) is 5.72. The second-order valence-corrected chi connectivity index (χ2v) is 8.47. The molecule has 164 valence electrons. The highest BCUT2D eigenvalue weighted by Gasteiger charge is 2.73. The first-order valence-electron chi connectivity index (χ1n) is 9.69. The lowest BCUT2D eigenvalue weighted by Gasteiger charge is -2.37. The number of hydrogen-bond acceptors (Lipinski definition) is 0. The van der Waals surface area contributed by atoms with E-state index in [-0.39, 0.29) is 11.1 Å². The number of rotatable bonds is 4. The fourth-order valence-electron chi connectivity index (χ4n) is 3.52. The van der Waals surface area contributed by atoms with Crippen LogP contribution in [0.5, 0.6) is 0 Å². The maximum absolute atomic E-state index is 15.7. The second-order valence-electron chi connectivity index (χ2n) is 8.47. The predicted octanol–water partition coefficient (Wildman–Crippen LogP) is 8.17. The van der Waals surface area contributed by atoms with Crippen molar-refractivity contribution in [1.29, 1.82) is 0 Å². The monoisotopic (exact) mass is 436 g/mol. The van der Waals surface area contributed by atoms with Crippen LogP contribution in [0.4, 0.5) is 26.3 Å². The van der Waals surface area contributed by atoms with Crippen molar-refractivity contribution in [2.24, 2.45) is 0 Å². The van der Waals surface area contributed by atoms with E-state index >= 15 is 13.2 Å². The molecule has 0 N–H and O–H groups in total. The van der Waals surface area contributed by atoms with Crippen LogP contribution in [0.2, 0.25) is 0 Å². The van der Waals surface area contributed by atoms with Crippen molar-refractivity contribution in [3.05, 3.63) is 95.6 Å². The molecule has 0 aliphatic heterocycles. The Balaban J connectivity index is 2.34. The minimum absolute atomic E-state index is 0.139. The molecular weight excluding hydrogens is 414 g/mol. The third-order valence-corrected chi connectivity index (χ3v) is 5.30. The van der Waals surface area contributed by atoms with Crippen LogP contribution in [-0.2, 0) is 17.0 Å². The van der Waals surface area contributed by atoms with E-state index in [4.69, 9.17) is 0 Å². The standard InChI is InChI=1S/C25H22F6/c1-22(2,3)19-14-15-21(20(16-19)17-10-6-4-7-11-17)24(27,28)23(26,25(29,30)31)18-12-8-5-9-13-18/h4-16H,1-3H3. The van der Waals surface area contributed by atoms with Gasteiger partial charge >= 0.3 is 12.1 Å². The first kappa shape index (κ1) is 22.9. The van der Waals surface area contributed by atoms with Crippen LogP contribution in [0, 0.1) is 0 Å². The lowest BCUT2D eigenvalue weighted by atomic mass is 9.79. The van der Waals surface area contributed by atoms with Crippen molar-refractivity contribution in [2.75, 3.05) is 0 Å². The molecule has 31 heavy (non-hydrogen) atoms. The predicted molar refractivity (Wildman–Crippen MR) is 110 cm³/mol. The molecule has 1 atom stereocenters. The van der Waals surface area contributed by atoms with Crippen LogP contribution < -0.4 is 0 Å². The summed E-state index contributed by atoms with van der Waals surface area (Å²) in [5.41, 5.74) is -6.74. The van der Waals surface area contributed by atoms with Gasteiger partial charge in [0, 0.05) is 11.1 Å². The number of alkyl halides is 6. The highest BCUT2D eigenvalue weighted by atomic mass is 19.4. The Morgan fingerprint density at radius 3 is 1.58 bits per heavy atom. The molecule has 3 rings (SSSR count). The van der Waals surface area contributed by atoms with Gasteiger partial charge in [0.15, 0.2) is 0 Å². The van der Waals surface area contributed by atoms with Crippen molar-refractivity contribution < 1.29 is 26.3 Å². The summed E-state index contributed by atoms with van der Waals surface area (Å²) in [6.45, 7) is 5.57. The second kappa shape index (κ2) is 7.74. The van der Waals surface area contributed by atoms with E-state index in [1.807, 2.05) is 20.8 Å². The minimum Gasteiger partial charge on any atom is -0.221 e. The third kappa shape index (κ3) is 3.95. The van der Waals surface area contributed by atoms with Gasteiger partial charge in [0.2, 0.25) is 0 Å². The molecule has 0 aromatic heterocycles. The van der Waals surface area contributed by atoms with Gasteiger partial charge in [0.25, 0.3) is 5.67 Å². The van der Waals surface area contributed by atoms with E-state index in [2.05, 4.69) is 0 Å². The van der Waals surface area contributed by atoms with E-state index in [1.165, 1.54) is 30.3 Å². The van der Waals surface area contributed by atoms with Crippen LogP contribution in [0.25, 0.3) is 11.1 Å². The molecule has 0 aliphatic rings. The lowest BCUT2D eigenvalue weighted by molar-refractivity contribution is -0.314. The Morgan fingerprint density at radius 1 is 0.581 bits per heavy atom. The summed E-state index contributed by atoms with van der Waals surface area (Å²) < 4.78 is 88.7. The zero-order valence-corrected chi connectivity index (χ0v) is 17.3. The van der Waals surface area contributed by atoms with Crippen molar-refractivity contribution >= 4 is 0 Å². The van der Waals surface area contributed by atoms with Gasteiger partial charge < -0.3 is 0 Å². The quantitative estimate of drug-likeness (QED) is 0.362. The molecule has 6 heteroatoms. The van der Waals surface area contributed by atoms with Gasteiger partial charge in [-0.3, -0.25) is 0 Å². The third-order valence-electron chi connectivity index (χ3n) is 5.30. The van der Waals surface area contributed by atoms with Crippen LogP contribution in [0.15, 0.2) is 78.9 Å². The maximum atomic E-state index is 15.7. The fraction of sp³-hybridized carbons (Fsp3) is 0.280.